The molecule has 1 saturated carbocycles. The van der Waals surface area contributed by atoms with Gasteiger partial charge in [-0.15, -0.1) is 5.10 Å². The standard InChI is InChI=1S/C13H25N5S/c1-4-14-10(2)9-11(3)19-13-15-16-17-18(13)12-7-5-6-8-12/h10-12,14H,4-9H2,1-3H3. The van der Waals surface area contributed by atoms with Gasteiger partial charge in [0.15, 0.2) is 0 Å². The van der Waals surface area contributed by atoms with Crippen LogP contribution in [0.15, 0.2) is 5.16 Å². The van der Waals surface area contributed by atoms with Crippen LogP contribution >= 0.6 is 11.8 Å². The van der Waals surface area contributed by atoms with Crippen LogP contribution in [0.4, 0.5) is 0 Å². The van der Waals surface area contributed by atoms with Crippen molar-refractivity contribution < 1.29 is 0 Å². The van der Waals surface area contributed by atoms with E-state index in [1.807, 2.05) is 4.68 Å². The first-order valence-electron chi connectivity index (χ1n) is 7.38. The zero-order chi connectivity index (χ0) is 13.7. The molecule has 1 N–H and O–H groups in total. The lowest BCUT2D eigenvalue weighted by atomic mass is 10.2. The summed E-state index contributed by atoms with van der Waals surface area (Å²) in [6, 6.07) is 1.07. The first kappa shape index (κ1) is 14.8. The summed E-state index contributed by atoms with van der Waals surface area (Å²) in [5, 5.41) is 17.2. The molecule has 0 aliphatic heterocycles. The number of hydrogen-bond acceptors (Lipinski definition) is 5. The van der Waals surface area contributed by atoms with Crippen molar-refractivity contribution in [3.8, 4) is 0 Å². The molecule has 1 fully saturated rings. The van der Waals surface area contributed by atoms with Crippen LogP contribution in [-0.4, -0.2) is 38.0 Å². The minimum atomic E-state index is 0.524. The summed E-state index contributed by atoms with van der Waals surface area (Å²) in [6.45, 7) is 7.67. The highest BCUT2D eigenvalue weighted by Crippen LogP contribution is 2.33. The Balaban J connectivity index is 1.89. The van der Waals surface area contributed by atoms with E-state index in [2.05, 4.69) is 41.6 Å². The highest BCUT2D eigenvalue weighted by atomic mass is 32.2. The second-order valence-corrected chi connectivity index (χ2v) is 6.87. The second-order valence-electron chi connectivity index (χ2n) is 5.47. The molecule has 108 valence electrons. The van der Waals surface area contributed by atoms with Crippen molar-refractivity contribution in [2.75, 3.05) is 6.54 Å². The fourth-order valence-electron chi connectivity index (χ4n) is 2.80. The summed E-state index contributed by atoms with van der Waals surface area (Å²) >= 11 is 1.80. The molecule has 0 amide bonds. The van der Waals surface area contributed by atoms with Gasteiger partial charge < -0.3 is 5.32 Å². The van der Waals surface area contributed by atoms with E-state index in [1.54, 1.807) is 11.8 Å². The summed E-state index contributed by atoms with van der Waals surface area (Å²) in [6.07, 6.45) is 6.20. The molecule has 2 rings (SSSR count). The quantitative estimate of drug-likeness (QED) is 0.780. The maximum Gasteiger partial charge on any atom is 0.209 e. The van der Waals surface area contributed by atoms with Crippen molar-refractivity contribution in [1.82, 2.24) is 25.5 Å². The van der Waals surface area contributed by atoms with E-state index in [0.717, 1.165) is 18.1 Å². The first-order chi connectivity index (χ1) is 9.20. The number of aromatic nitrogens is 4. The molecular formula is C13H25N5S. The smallest absolute Gasteiger partial charge is 0.209 e. The number of rotatable bonds is 7. The topological polar surface area (TPSA) is 55.6 Å². The van der Waals surface area contributed by atoms with Crippen LogP contribution in [0.1, 0.15) is 58.9 Å². The van der Waals surface area contributed by atoms with Gasteiger partial charge in [-0.1, -0.05) is 38.5 Å². The Kier molecular flexibility index (Phi) is 5.63. The molecule has 1 aromatic rings. The van der Waals surface area contributed by atoms with Crippen molar-refractivity contribution in [2.24, 2.45) is 0 Å². The average molecular weight is 283 g/mol. The molecule has 1 aromatic heterocycles. The lowest BCUT2D eigenvalue weighted by Crippen LogP contribution is -2.28. The third-order valence-electron chi connectivity index (χ3n) is 3.68. The van der Waals surface area contributed by atoms with Gasteiger partial charge in [0, 0.05) is 11.3 Å². The molecule has 1 aliphatic carbocycles. The molecule has 5 nitrogen and oxygen atoms in total. The highest BCUT2D eigenvalue weighted by Gasteiger charge is 2.23. The van der Waals surface area contributed by atoms with E-state index < -0.39 is 0 Å². The van der Waals surface area contributed by atoms with Crippen molar-refractivity contribution in [2.45, 2.75) is 75.4 Å². The van der Waals surface area contributed by atoms with Gasteiger partial charge in [-0.3, -0.25) is 0 Å². The minimum Gasteiger partial charge on any atom is -0.314 e. The van der Waals surface area contributed by atoms with Gasteiger partial charge in [0.1, 0.15) is 0 Å². The van der Waals surface area contributed by atoms with Crippen LogP contribution in [0.3, 0.4) is 0 Å². The molecule has 2 unspecified atom stereocenters. The van der Waals surface area contributed by atoms with Gasteiger partial charge in [-0.25, -0.2) is 4.68 Å². The van der Waals surface area contributed by atoms with Crippen molar-refractivity contribution >= 4 is 11.8 Å². The maximum atomic E-state index is 4.20. The SMILES string of the molecule is CCNC(C)CC(C)Sc1nnnn1C1CCCC1. The predicted octanol–water partition coefficient (Wildman–Crippen LogP) is 2.66. The number of nitrogens with one attached hydrogen (secondary N) is 1. The molecule has 1 aliphatic rings. The van der Waals surface area contributed by atoms with Gasteiger partial charge in [0.2, 0.25) is 5.16 Å². The van der Waals surface area contributed by atoms with E-state index in [-0.39, 0.29) is 0 Å². The van der Waals surface area contributed by atoms with Gasteiger partial charge in [0.25, 0.3) is 0 Å². The van der Waals surface area contributed by atoms with E-state index in [0.29, 0.717) is 17.3 Å². The summed E-state index contributed by atoms with van der Waals surface area (Å²) in [4.78, 5) is 0. The van der Waals surface area contributed by atoms with E-state index in [9.17, 15) is 0 Å². The van der Waals surface area contributed by atoms with Crippen LogP contribution in [0, 0.1) is 0 Å². The second kappa shape index (κ2) is 7.24. The Hall–Kier alpha value is -0.620. The number of thioether (sulfide) groups is 1. The molecule has 0 saturated heterocycles. The summed E-state index contributed by atoms with van der Waals surface area (Å²) in [5.74, 6) is 0. The van der Waals surface area contributed by atoms with Crippen LogP contribution in [-0.2, 0) is 0 Å². The lowest BCUT2D eigenvalue weighted by Gasteiger charge is -2.18. The number of nitrogens with zero attached hydrogens (tertiary/aromatic N) is 4. The van der Waals surface area contributed by atoms with Crippen molar-refractivity contribution in [3.05, 3.63) is 0 Å². The van der Waals surface area contributed by atoms with Gasteiger partial charge in [-0.2, -0.15) is 0 Å². The third kappa shape index (κ3) is 4.18. The fourth-order valence-corrected chi connectivity index (χ4v) is 3.92. The average Bonchev–Trinajstić information content (AvgIpc) is 2.98. The molecule has 2 atom stereocenters. The first-order valence-corrected chi connectivity index (χ1v) is 8.26. The van der Waals surface area contributed by atoms with E-state index in [1.165, 1.54) is 25.7 Å². The summed E-state index contributed by atoms with van der Waals surface area (Å²) in [7, 11) is 0. The monoisotopic (exact) mass is 283 g/mol. The highest BCUT2D eigenvalue weighted by molar-refractivity contribution is 7.99. The molecule has 0 spiro atoms. The number of tetrazole rings is 1. The predicted molar refractivity (Wildman–Crippen MR) is 78.4 cm³/mol. The minimum absolute atomic E-state index is 0.524. The van der Waals surface area contributed by atoms with E-state index in [4.69, 9.17) is 0 Å². The Morgan fingerprint density at radius 2 is 2.11 bits per heavy atom. The molecule has 1 heterocycles. The van der Waals surface area contributed by atoms with Crippen molar-refractivity contribution in [1.29, 1.82) is 0 Å². The lowest BCUT2D eigenvalue weighted by molar-refractivity contribution is 0.422. The zero-order valence-corrected chi connectivity index (χ0v) is 13.0. The van der Waals surface area contributed by atoms with Gasteiger partial charge >= 0.3 is 0 Å². The fraction of sp³-hybridized carbons (Fsp3) is 0.923. The molecule has 6 heteroatoms. The van der Waals surface area contributed by atoms with Crippen molar-refractivity contribution in [3.63, 3.8) is 0 Å². The van der Waals surface area contributed by atoms with Crippen LogP contribution in [0.25, 0.3) is 0 Å². The summed E-state index contributed by atoms with van der Waals surface area (Å²) < 4.78 is 2.05. The normalized spacial score (nSPS) is 19.7. The summed E-state index contributed by atoms with van der Waals surface area (Å²) in [5.41, 5.74) is 0. The molecule has 0 aromatic carbocycles. The Morgan fingerprint density at radius 3 is 2.79 bits per heavy atom. The zero-order valence-electron chi connectivity index (χ0n) is 12.2. The van der Waals surface area contributed by atoms with Gasteiger partial charge in [0.05, 0.1) is 6.04 Å². The molecule has 19 heavy (non-hydrogen) atoms. The molecule has 0 bridgehead atoms. The Bertz CT molecular complexity index is 375. The van der Waals surface area contributed by atoms with Gasteiger partial charge in [-0.05, 0) is 43.2 Å². The maximum absolute atomic E-state index is 4.20. The van der Waals surface area contributed by atoms with Crippen LogP contribution in [0.5, 0.6) is 0 Å². The molecule has 0 radical (unpaired) electrons. The third-order valence-corrected chi connectivity index (χ3v) is 4.75. The largest absolute Gasteiger partial charge is 0.314 e. The molecular weight excluding hydrogens is 258 g/mol. The van der Waals surface area contributed by atoms with E-state index >= 15 is 0 Å². The van der Waals surface area contributed by atoms with Crippen LogP contribution < -0.4 is 5.32 Å². The van der Waals surface area contributed by atoms with Crippen LogP contribution in [0.2, 0.25) is 0 Å². The Morgan fingerprint density at radius 1 is 1.37 bits per heavy atom. The number of hydrogen-bond donors (Lipinski definition) is 1. The Labute approximate surface area is 119 Å².